The highest BCUT2D eigenvalue weighted by atomic mass is 19.1. The number of rotatable bonds is 5. The molecule has 4 N–H and O–H groups in total. The molecule has 37 heavy (non-hydrogen) atoms. The van der Waals surface area contributed by atoms with Gasteiger partial charge in [-0.3, -0.25) is 19.2 Å². The Morgan fingerprint density at radius 1 is 1.08 bits per heavy atom. The molecule has 0 unspecified atom stereocenters. The van der Waals surface area contributed by atoms with Gasteiger partial charge in [-0.15, -0.1) is 0 Å². The first-order chi connectivity index (χ1) is 17.7. The van der Waals surface area contributed by atoms with E-state index in [4.69, 9.17) is 4.74 Å². The Hall–Kier alpha value is -3.95. The first-order valence-electron chi connectivity index (χ1n) is 12.4. The maximum Gasteiger partial charge on any atom is 0.255 e. The fraction of sp³-hybridized carbons (Fsp3) is 0.407. The minimum Gasteiger partial charge on any atom is -0.491 e. The highest BCUT2D eigenvalue weighted by Crippen LogP contribution is 2.18. The summed E-state index contributed by atoms with van der Waals surface area (Å²) in [6.45, 7) is 4.21. The molecular weight excluding hydrogens is 479 g/mol. The first kappa shape index (κ1) is 27.6. The van der Waals surface area contributed by atoms with Crippen molar-refractivity contribution in [2.24, 2.45) is 5.92 Å². The summed E-state index contributed by atoms with van der Waals surface area (Å²) in [5.41, 5.74) is 1.08. The van der Waals surface area contributed by atoms with Crippen molar-refractivity contribution in [3.63, 3.8) is 0 Å². The van der Waals surface area contributed by atoms with Gasteiger partial charge in [0.1, 0.15) is 30.3 Å². The molecule has 0 aromatic heterocycles. The van der Waals surface area contributed by atoms with Crippen LogP contribution in [0, 0.1) is 11.7 Å². The Morgan fingerprint density at radius 2 is 1.81 bits per heavy atom. The van der Waals surface area contributed by atoms with Crippen LogP contribution in [0.25, 0.3) is 0 Å². The average Bonchev–Trinajstić information content (AvgIpc) is 2.88. The third kappa shape index (κ3) is 8.30. The van der Waals surface area contributed by atoms with E-state index in [1.54, 1.807) is 36.4 Å². The Balaban J connectivity index is 1.76. The summed E-state index contributed by atoms with van der Waals surface area (Å²) < 4.78 is 18.9. The van der Waals surface area contributed by atoms with Crippen molar-refractivity contribution in [1.82, 2.24) is 21.3 Å². The quantitative estimate of drug-likeness (QED) is 0.486. The predicted octanol–water partition coefficient (Wildman–Crippen LogP) is 1.71. The largest absolute Gasteiger partial charge is 0.491 e. The van der Waals surface area contributed by atoms with Gasteiger partial charge in [-0.05, 0) is 48.6 Å². The molecule has 0 saturated heterocycles. The predicted molar refractivity (Wildman–Crippen MR) is 135 cm³/mol. The summed E-state index contributed by atoms with van der Waals surface area (Å²) in [6.07, 6.45) is 0.412. The van der Waals surface area contributed by atoms with E-state index in [1.807, 2.05) is 13.8 Å². The van der Waals surface area contributed by atoms with Gasteiger partial charge < -0.3 is 26.0 Å². The van der Waals surface area contributed by atoms with Crippen molar-refractivity contribution in [1.29, 1.82) is 0 Å². The molecule has 2 aromatic rings. The molecule has 4 amide bonds. The number of carbonyl (C=O) groups excluding carboxylic acids is 4. The molecule has 3 rings (SSSR count). The summed E-state index contributed by atoms with van der Waals surface area (Å²) in [4.78, 5) is 51.4. The monoisotopic (exact) mass is 512 g/mol. The zero-order valence-corrected chi connectivity index (χ0v) is 21.0. The van der Waals surface area contributed by atoms with Crippen molar-refractivity contribution in [3.05, 3.63) is 65.5 Å². The van der Waals surface area contributed by atoms with E-state index in [-0.39, 0.29) is 55.7 Å². The summed E-state index contributed by atoms with van der Waals surface area (Å²) >= 11 is 0. The number of hydrogen-bond donors (Lipinski definition) is 4. The number of amides is 4. The average molecular weight is 513 g/mol. The zero-order chi connectivity index (χ0) is 26.8. The lowest BCUT2D eigenvalue weighted by atomic mass is 10.0. The second-order valence-electron chi connectivity index (χ2n) is 9.16. The van der Waals surface area contributed by atoms with Gasteiger partial charge >= 0.3 is 0 Å². The topological polar surface area (TPSA) is 126 Å². The molecule has 2 aromatic carbocycles. The van der Waals surface area contributed by atoms with Crippen LogP contribution in [0.4, 0.5) is 4.39 Å². The number of nitrogens with one attached hydrogen (secondary N) is 4. The van der Waals surface area contributed by atoms with Crippen molar-refractivity contribution in [3.8, 4) is 5.75 Å². The number of ether oxygens (including phenoxy) is 1. The highest BCUT2D eigenvalue weighted by Gasteiger charge is 2.27. The van der Waals surface area contributed by atoms with E-state index in [0.29, 0.717) is 12.2 Å². The summed E-state index contributed by atoms with van der Waals surface area (Å²) in [7, 11) is 0. The molecule has 2 atom stereocenters. The van der Waals surface area contributed by atoms with Gasteiger partial charge in [0.15, 0.2) is 0 Å². The summed E-state index contributed by atoms with van der Waals surface area (Å²) in [5.74, 6) is -1.90. The molecule has 1 aliphatic heterocycles. The molecule has 0 fully saturated rings. The van der Waals surface area contributed by atoms with Crippen LogP contribution in [0.5, 0.6) is 5.75 Å². The summed E-state index contributed by atoms with van der Waals surface area (Å²) in [6, 6.07) is 10.8. The standard InChI is InChI=1S/C27H33FN4O5/c1-17(2)24-27(36)30-15-16-37-22-6-4-3-5-20(22)25(34)31-21(11-12-23(33)32-24)26(35)29-14-13-18-7-9-19(28)10-8-18/h3-10,17,21,24H,11-16H2,1-2H3,(H,29,35)(H,30,36)(H,31,34)(H,32,33)/t21-,24+/m0/s1. The Kier molecular flexibility index (Phi) is 10.00. The van der Waals surface area contributed by atoms with Crippen LogP contribution < -0.4 is 26.0 Å². The van der Waals surface area contributed by atoms with E-state index < -0.39 is 29.8 Å². The van der Waals surface area contributed by atoms with Crippen LogP contribution in [0.15, 0.2) is 48.5 Å². The van der Waals surface area contributed by atoms with Gasteiger partial charge in [-0.25, -0.2) is 4.39 Å². The number of hydrogen-bond acceptors (Lipinski definition) is 5. The van der Waals surface area contributed by atoms with Crippen LogP contribution in [0.3, 0.4) is 0 Å². The third-order valence-corrected chi connectivity index (χ3v) is 5.96. The SMILES string of the molecule is CC(C)[C@H]1NC(=O)CC[C@@H](C(=O)NCCc2ccc(F)cc2)NC(=O)c2ccccc2OCCNC1=O. The van der Waals surface area contributed by atoms with E-state index >= 15 is 0 Å². The van der Waals surface area contributed by atoms with Gasteiger partial charge in [0.05, 0.1) is 12.1 Å². The normalized spacial score (nSPS) is 19.3. The third-order valence-electron chi connectivity index (χ3n) is 5.96. The second-order valence-corrected chi connectivity index (χ2v) is 9.16. The van der Waals surface area contributed by atoms with Gasteiger partial charge in [-0.2, -0.15) is 0 Å². The lowest BCUT2D eigenvalue weighted by molar-refractivity contribution is -0.130. The number of benzene rings is 2. The maximum atomic E-state index is 13.1. The van der Waals surface area contributed by atoms with Crippen molar-refractivity contribution in [2.45, 2.75) is 45.2 Å². The minimum absolute atomic E-state index is 0.0232. The maximum absolute atomic E-state index is 13.1. The number of carbonyl (C=O) groups is 4. The molecule has 9 nitrogen and oxygen atoms in total. The fourth-order valence-electron chi connectivity index (χ4n) is 3.89. The number of halogens is 1. The Labute approximate surface area is 215 Å². The smallest absolute Gasteiger partial charge is 0.255 e. The molecule has 1 heterocycles. The van der Waals surface area contributed by atoms with Crippen LogP contribution in [0.1, 0.15) is 42.6 Å². The van der Waals surface area contributed by atoms with Gasteiger partial charge in [0, 0.05) is 13.0 Å². The zero-order valence-electron chi connectivity index (χ0n) is 21.0. The second kappa shape index (κ2) is 13.4. The lowest BCUT2D eigenvalue weighted by Gasteiger charge is -2.22. The van der Waals surface area contributed by atoms with E-state index in [2.05, 4.69) is 21.3 Å². The van der Waals surface area contributed by atoms with Crippen molar-refractivity contribution >= 4 is 23.6 Å². The van der Waals surface area contributed by atoms with Gasteiger partial charge in [0.2, 0.25) is 17.7 Å². The molecule has 0 bridgehead atoms. The molecule has 0 spiro atoms. The van der Waals surface area contributed by atoms with Crippen LogP contribution in [0.2, 0.25) is 0 Å². The molecule has 0 aliphatic carbocycles. The molecule has 1 aliphatic rings. The summed E-state index contributed by atoms with van der Waals surface area (Å²) in [5, 5.41) is 11.0. The lowest BCUT2D eigenvalue weighted by Crippen LogP contribution is -2.51. The van der Waals surface area contributed by atoms with Gasteiger partial charge in [0.25, 0.3) is 5.91 Å². The Morgan fingerprint density at radius 3 is 2.54 bits per heavy atom. The molecular formula is C27H33FN4O5. The molecule has 0 radical (unpaired) electrons. The van der Waals surface area contributed by atoms with Crippen molar-refractivity contribution < 1.29 is 28.3 Å². The Bertz CT molecular complexity index is 1110. The van der Waals surface area contributed by atoms with E-state index in [9.17, 15) is 23.6 Å². The van der Waals surface area contributed by atoms with Crippen LogP contribution in [-0.2, 0) is 20.8 Å². The molecule has 10 heteroatoms. The van der Waals surface area contributed by atoms with Crippen LogP contribution in [-0.4, -0.2) is 55.4 Å². The van der Waals surface area contributed by atoms with Gasteiger partial charge in [-0.1, -0.05) is 38.1 Å². The van der Waals surface area contributed by atoms with Crippen LogP contribution >= 0.6 is 0 Å². The molecule has 0 saturated carbocycles. The van der Waals surface area contributed by atoms with E-state index in [1.165, 1.54) is 12.1 Å². The number of fused-ring (bicyclic) bond motifs is 1. The van der Waals surface area contributed by atoms with Crippen molar-refractivity contribution in [2.75, 3.05) is 19.7 Å². The molecule has 198 valence electrons. The van der Waals surface area contributed by atoms with E-state index in [0.717, 1.165) is 5.56 Å². The highest BCUT2D eigenvalue weighted by molar-refractivity contribution is 5.99. The first-order valence-corrected chi connectivity index (χ1v) is 12.4. The fourth-order valence-corrected chi connectivity index (χ4v) is 3.89. The minimum atomic E-state index is -1.00. The number of para-hydroxylation sites is 1.